The third-order valence-electron chi connectivity index (χ3n) is 12.6. The normalized spacial score (nSPS) is 53.6. The topological polar surface area (TPSA) is 129 Å². The average Bonchev–Trinajstić information content (AvgIpc) is 3.45. The average molecular weight is 550 g/mol. The van der Waals surface area contributed by atoms with Gasteiger partial charge in [0.2, 0.25) is 0 Å². The van der Waals surface area contributed by atoms with Gasteiger partial charge in [-0.3, -0.25) is 4.84 Å². The van der Waals surface area contributed by atoms with E-state index in [1.165, 1.54) is 0 Å². The number of hydrogen-bond donors (Lipinski definition) is 4. The van der Waals surface area contributed by atoms with Crippen LogP contribution in [0.25, 0.3) is 0 Å². The smallest absolute Gasteiger partial charge is 0.331 e. The first-order valence-electron chi connectivity index (χ1n) is 15.1. The first-order chi connectivity index (χ1) is 18.4. The summed E-state index contributed by atoms with van der Waals surface area (Å²) in [5.41, 5.74) is 0.201. The molecule has 4 N–H and O–H groups in total. The van der Waals surface area contributed by atoms with E-state index in [-0.39, 0.29) is 34.7 Å². The Bertz CT molecular complexity index is 1010. The van der Waals surface area contributed by atoms with Crippen LogP contribution in [0.15, 0.2) is 11.6 Å². The van der Waals surface area contributed by atoms with Crippen molar-refractivity contribution in [3.05, 3.63) is 11.6 Å². The third kappa shape index (κ3) is 4.02. The Morgan fingerprint density at radius 1 is 0.974 bits per heavy atom. The van der Waals surface area contributed by atoms with Crippen LogP contribution in [0.5, 0.6) is 0 Å². The minimum absolute atomic E-state index is 0.0264. The number of rotatable bonds is 4. The minimum Gasteiger partial charge on any atom is -0.458 e. The second kappa shape index (κ2) is 9.75. The summed E-state index contributed by atoms with van der Waals surface area (Å²) in [5, 5.41) is 45.4. The van der Waals surface area contributed by atoms with Crippen molar-refractivity contribution in [3.63, 3.8) is 0 Å². The van der Waals surface area contributed by atoms with Crippen molar-refractivity contribution >= 4 is 5.97 Å². The first kappa shape index (κ1) is 28.1. The van der Waals surface area contributed by atoms with Crippen molar-refractivity contribution in [1.82, 2.24) is 5.06 Å². The van der Waals surface area contributed by atoms with Crippen molar-refractivity contribution in [2.75, 3.05) is 13.7 Å². The van der Waals surface area contributed by atoms with E-state index in [0.717, 1.165) is 63.4 Å². The molecule has 2 aliphatic heterocycles. The summed E-state index contributed by atoms with van der Waals surface area (Å²) in [6, 6.07) is 0.0264. The summed E-state index contributed by atoms with van der Waals surface area (Å²) in [6.07, 6.45) is 5.02. The lowest BCUT2D eigenvalue weighted by molar-refractivity contribution is -0.340. The van der Waals surface area contributed by atoms with E-state index in [1.54, 1.807) is 25.2 Å². The van der Waals surface area contributed by atoms with E-state index >= 15 is 0 Å². The number of aliphatic hydroxyl groups excluding tert-OH is 3. The van der Waals surface area contributed by atoms with Gasteiger partial charge in [-0.1, -0.05) is 13.8 Å². The molecule has 1 saturated heterocycles. The predicted octanol–water partition coefficient (Wildman–Crippen LogP) is 2.30. The number of carbonyl (C=O) groups excluding carboxylic acids is 1. The van der Waals surface area contributed by atoms with E-state index in [4.69, 9.17) is 14.3 Å². The zero-order valence-corrected chi connectivity index (χ0v) is 23.8. The Morgan fingerprint density at radius 3 is 2.44 bits per heavy atom. The fourth-order valence-corrected chi connectivity index (χ4v) is 10.3. The molecule has 5 fully saturated rings. The highest BCUT2D eigenvalue weighted by molar-refractivity contribution is 5.85. The largest absolute Gasteiger partial charge is 0.458 e. The maximum Gasteiger partial charge on any atom is 0.331 e. The molecule has 9 nitrogen and oxygen atoms in total. The summed E-state index contributed by atoms with van der Waals surface area (Å²) in [7, 11) is 1.58. The van der Waals surface area contributed by atoms with Gasteiger partial charge in [0.05, 0.1) is 18.8 Å². The van der Waals surface area contributed by atoms with Gasteiger partial charge in [0.1, 0.15) is 24.9 Å². The van der Waals surface area contributed by atoms with Gasteiger partial charge in [-0.05, 0) is 99.4 Å². The molecule has 4 saturated carbocycles. The lowest BCUT2D eigenvalue weighted by Gasteiger charge is -2.64. The van der Waals surface area contributed by atoms with Crippen LogP contribution < -0.4 is 0 Å². The maximum absolute atomic E-state index is 12.4. The molecule has 220 valence electrons. The Hall–Kier alpha value is -1.07. The van der Waals surface area contributed by atoms with Gasteiger partial charge in [0.25, 0.3) is 0 Å². The molecular weight excluding hydrogens is 502 g/mol. The van der Waals surface area contributed by atoms with E-state index in [9.17, 15) is 25.2 Å². The van der Waals surface area contributed by atoms with Crippen molar-refractivity contribution in [2.24, 2.45) is 34.5 Å². The second-order valence-corrected chi connectivity index (χ2v) is 14.0. The van der Waals surface area contributed by atoms with E-state index in [2.05, 4.69) is 13.8 Å². The molecule has 4 unspecified atom stereocenters. The third-order valence-corrected chi connectivity index (χ3v) is 12.6. The standard InChI is InChI=1S/C30H47NO8/c1-16-24(33)25(34)26(35)27(39-16)31(37-4)19-7-10-28(2)18(14-19)5-6-22-21(28)8-11-29(3)20(9-12-30(22,29)36)17-13-23(32)38-15-17/h13,16,18-22,24-27,33-36H,5-12,14-15H2,1-4H3/t16-,18?,19-,20-,21?,22?,24+,25+,26-,27?,28+,29-,30+/m1/s1. The highest BCUT2D eigenvalue weighted by atomic mass is 16.7. The summed E-state index contributed by atoms with van der Waals surface area (Å²) in [4.78, 5) is 17.6. The Labute approximate surface area is 231 Å². The molecule has 0 aromatic rings. The van der Waals surface area contributed by atoms with Gasteiger partial charge in [-0.2, -0.15) is 5.06 Å². The summed E-state index contributed by atoms with van der Waals surface area (Å²) in [6.45, 7) is 6.76. The minimum atomic E-state index is -1.29. The molecule has 0 amide bonds. The number of aliphatic hydroxyl groups is 4. The van der Waals surface area contributed by atoms with Gasteiger partial charge in [-0.25, -0.2) is 4.79 Å². The number of ether oxygens (including phenoxy) is 2. The SMILES string of the molecule is CON(C1O[C@H](C)[C@H](O)[C@H](O)[C@H]1O)[C@@H]1CC[C@@]2(C)C(CCC3C2CC[C@]2(C)[C@@H](C4=CC(=O)OC4)CC[C@]32O)C1. The van der Waals surface area contributed by atoms with Crippen molar-refractivity contribution in [3.8, 4) is 0 Å². The highest BCUT2D eigenvalue weighted by Gasteiger charge is 2.68. The van der Waals surface area contributed by atoms with Crippen LogP contribution in [0.4, 0.5) is 0 Å². The maximum atomic E-state index is 12.4. The van der Waals surface area contributed by atoms with E-state index < -0.39 is 36.2 Å². The molecule has 0 aromatic heterocycles. The summed E-state index contributed by atoms with van der Waals surface area (Å²) < 4.78 is 11.2. The van der Waals surface area contributed by atoms with Gasteiger partial charge in [0, 0.05) is 17.5 Å². The molecule has 0 aromatic carbocycles. The van der Waals surface area contributed by atoms with E-state index in [0.29, 0.717) is 18.4 Å². The lowest BCUT2D eigenvalue weighted by Crippen LogP contribution is -2.65. The zero-order valence-electron chi connectivity index (χ0n) is 23.8. The first-order valence-corrected chi connectivity index (χ1v) is 15.1. The van der Waals surface area contributed by atoms with Crippen LogP contribution in [0, 0.1) is 34.5 Å². The van der Waals surface area contributed by atoms with Crippen LogP contribution in [-0.4, -0.2) is 87.5 Å². The molecule has 4 aliphatic carbocycles. The molecule has 6 rings (SSSR count). The quantitative estimate of drug-likeness (QED) is 0.308. The van der Waals surface area contributed by atoms with Gasteiger partial charge in [-0.15, -0.1) is 0 Å². The molecule has 6 aliphatic rings. The number of hydroxylamine groups is 2. The van der Waals surface area contributed by atoms with Gasteiger partial charge in [0.15, 0.2) is 6.23 Å². The summed E-state index contributed by atoms with van der Waals surface area (Å²) in [5.74, 6) is 1.09. The molecule has 0 bridgehead atoms. The van der Waals surface area contributed by atoms with Crippen LogP contribution in [0.2, 0.25) is 0 Å². The van der Waals surface area contributed by atoms with Crippen LogP contribution in [0.3, 0.4) is 0 Å². The number of fused-ring (bicyclic) bond motifs is 5. The Kier molecular flexibility index (Phi) is 7.02. The van der Waals surface area contributed by atoms with Gasteiger partial charge < -0.3 is 29.9 Å². The predicted molar refractivity (Wildman–Crippen MR) is 141 cm³/mol. The van der Waals surface area contributed by atoms with Crippen molar-refractivity contribution in [2.45, 2.75) is 121 Å². The van der Waals surface area contributed by atoms with Gasteiger partial charge >= 0.3 is 5.97 Å². The number of cyclic esters (lactones) is 1. The fourth-order valence-electron chi connectivity index (χ4n) is 10.3. The van der Waals surface area contributed by atoms with Crippen LogP contribution in [-0.2, 0) is 19.1 Å². The molecule has 0 spiro atoms. The number of carbonyl (C=O) groups is 1. The molecule has 13 atom stereocenters. The lowest BCUT2D eigenvalue weighted by atomic mass is 9.43. The van der Waals surface area contributed by atoms with Crippen molar-refractivity contribution < 1.29 is 39.5 Å². The number of esters is 1. The van der Waals surface area contributed by atoms with Crippen LogP contribution in [0.1, 0.15) is 78.6 Å². The number of hydrogen-bond acceptors (Lipinski definition) is 9. The second-order valence-electron chi connectivity index (χ2n) is 14.0. The molecule has 0 radical (unpaired) electrons. The van der Waals surface area contributed by atoms with Crippen molar-refractivity contribution in [1.29, 1.82) is 0 Å². The molecule has 39 heavy (non-hydrogen) atoms. The molecular formula is C30H47NO8. The Morgan fingerprint density at radius 2 is 1.74 bits per heavy atom. The fraction of sp³-hybridized carbons (Fsp3) is 0.900. The zero-order chi connectivity index (χ0) is 27.9. The molecule has 9 heteroatoms. The highest BCUT2D eigenvalue weighted by Crippen LogP contribution is 2.70. The number of nitrogens with zero attached hydrogens (tertiary/aromatic N) is 1. The van der Waals surface area contributed by atoms with E-state index in [1.807, 2.05) is 0 Å². The monoisotopic (exact) mass is 549 g/mol. The Balaban J connectivity index is 1.19. The summed E-state index contributed by atoms with van der Waals surface area (Å²) >= 11 is 0. The molecule has 2 heterocycles. The van der Waals surface area contributed by atoms with Crippen LogP contribution >= 0.6 is 0 Å².